The lowest BCUT2D eigenvalue weighted by Gasteiger charge is -2.19. The van der Waals surface area contributed by atoms with Gasteiger partial charge < -0.3 is 4.52 Å². The number of aldehydes is 1. The van der Waals surface area contributed by atoms with E-state index in [1.165, 1.54) is 24.3 Å². The summed E-state index contributed by atoms with van der Waals surface area (Å²) in [7, 11) is 0. The van der Waals surface area contributed by atoms with Crippen LogP contribution in [0.5, 0.6) is 0 Å². The van der Waals surface area contributed by atoms with Gasteiger partial charge in [-0.05, 0) is 30.3 Å². The Morgan fingerprint density at radius 1 is 1.50 bits per heavy atom. The first kappa shape index (κ1) is 9.71. The molecular weight excluding hydrogens is 200 g/mol. The number of hydrogen-bond acceptors (Lipinski definition) is 5. The zero-order chi connectivity index (χ0) is 9.80. The molecule has 76 valence electrons. The summed E-state index contributed by atoms with van der Waals surface area (Å²) in [4.78, 5) is 14.3. The van der Waals surface area contributed by atoms with Gasteiger partial charge in [-0.1, -0.05) is 5.16 Å². The Balaban J connectivity index is 1.92. The van der Waals surface area contributed by atoms with Gasteiger partial charge in [0.2, 0.25) is 11.7 Å². The maximum atomic E-state index is 10.3. The predicted octanol–water partition coefficient (Wildman–Crippen LogP) is 1.57. The molecule has 2 heterocycles. The van der Waals surface area contributed by atoms with Gasteiger partial charge in [0.25, 0.3) is 0 Å². The van der Waals surface area contributed by atoms with E-state index in [-0.39, 0.29) is 5.82 Å². The van der Waals surface area contributed by atoms with E-state index in [9.17, 15) is 4.79 Å². The van der Waals surface area contributed by atoms with E-state index in [0.717, 1.165) is 6.42 Å². The fraction of sp³-hybridized carbons (Fsp3) is 0.667. The molecule has 1 saturated heterocycles. The van der Waals surface area contributed by atoms with Crippen molar-refractivity contribution in [3.8, 4) is 0 Å². The molecule has 0 radical (unpaired) electrons. The predicted molar refractivity (Wildman–Crippen MR) is 53.4 cm³/mol. The maximum absolute atomic E-state index is 10.3. The molecule has 2 rings (SSSR count). The fourth-order valence-electron chi connectivity index (χ4n) is 1.60. The van der Waals surface area contributed by atoms with E-state index in [1.54, 1.807) is 0 Å². The monoisotopic (exact) mass is 212 g/mol. The Morgan fingerprint density at radius 3 is 2.93 bits per heavy atom. The van der Waals surface area contributed by atoms with Crippen LogP contribution in [0.15, 0.2) is 4.52 Å². The lowest BCUT2D eigenvalue weighted by Crippen LogP contribution is -2.12. The quantitative estimate of drug-likeness (QED) is 0.712. The number of hydrogen-bond donors (Lipinski definition) is 0. The number of carbonyl (C=O) groups excluding carboxylic acids is 1. The van der Waals surface area contributed by atoms with Crippen molar-refractivity contribution in [1.82, 2.24) is 10.1 Å². The van der Waals surface area contributed by atoms with E-state index in [1.807, 2.05) is 11.8 Å². The molecule has 0 bridgehead atoms. The van der Waals surface area contributed by atoms with Crippen molar-refractivity contribution in [2.75, 3.05) is 11.5 Å². The summed E-state index contributed by atoms with van der Waals surface area (Å²) in [5.41, 5.74) is 0. The Labute approximate surface area is 86.4 Å². The second-order valence-corrected chi connectivity index (χ2v) is 4.65. The Bertz CT molecular complexity index is 308. The number of carbonyl (C=O) groups is 1. The summed E-state index contributed by atoms with van der Waals surface area (Å²) in [6.45, 7) is 0. The smallest absolute Gasteiger partial charge is 0.235 e. The molecule has 0 unspecified atom stereocenters. The summed E-state index contributed by atoms with van der Waals surface area (Å²) in [6.07, 6.45) is 3.86. The molecule has 0 spiro atoms. The van der Waals surface area contributed by atoms with Crippen LogP contribution in [0.3, 0.4) is 0 Å². The van der Waals surface area contributed by atoms with E-state index >= 15 is 0 Å². The Hall–Kier alpha value is -0.840. The summed E-state index contributed by atoms with van der Waals surface area (Å²) >= 11 is 2.00. The third-order valence-corrected chi connectivity index (χ3v) is 3.44. The van der Waals surface area contributed by atoms with Crippen LogP contribution < -0.4 is 0 Å². The van der Waals surface area contributed by atoms with E-state index in [4.69, 9.17) is 4.52 Å². The van der Waals surface area contributed by atoms with Gasteiger partial charge in [0.05, 0.1) is 0 Å². The standard InChI is InChI=1S/C9H12N2O2S/c12-6-8-10-9(13-11-8)5-7-1-3-14-4-2-7/h6-7H,1-5H2. The van der Waals surface area contributed by atoms with Crippen molar-refractivity contribution in [3.63, 3.8) is 0 Å². The van der Waals surface area contributed by atoms with Crippen LogP contribution in [0.1, 0.15) is 29.4 Å². The van der Waals surface area contributed by atoms with Crippen LogP contribution in [0.25, 0.3) is 0 Å². The molecule has 14 heavy (non-hydrogen) atoms. The average Bonchev–Trinajstić information content (AvgIpc) is 2.67. The first-order chi connectivity index (χ1) is 6.88. The van der Waals surface area contributed by atoms with Gasteiger partial charge in [0.1, 0.15) is 0 Å². The zero-order valence-electron chi connectivity index (χ0n) is 7.81. The van der Waals surface area contributed by atoms with Crippen molar-refractivity contribution in [2.45, 2.75) is 19.3 Å². The maximum Gasteiger partial charge on any atom is 0.235 e. The molecular formula is C9H12N2O2S. The number of aromatic nitrogens is 2. The molecule has 0 atom stereocenters. The average molecular weight is 212 g/mol. The van der Waals surface area contributed by atoms with Gasteiger partial charge in [0.15, 0.2) is 6.29 Å². The van der Waals surface area contributed by atoms with Gasteiger partial charge in [-0.25, -0.2) is 0 Å². The number of thioether (sulfide) groups is 1. The SMILES string of the molecule is O=Cc1noc(CC2CCSCC2)n1. The third kappa shape index (κ3) is 2.35. The Kier molecular flexibility index (Phi) is 3.18. The van der Waals surface area contributed by atoms with Crippen LogP contribution in [0.4, 0.5) is 0 Å². The third-order valence-electron chi connectivity index (χ3n) is 2.39. The lowest BCUT2D eigenvalue weighted by atomic mass is 9.99. The summed E-state index contributed by atoms with van der Waals surface area (Å²) < 4.78 is 4.96. The summed E-state index contributed by atoms with van der Waals surface area (Å²) in [5.74, 6) is 3.85. The summed E-state index contributed by atoms with van der Waals surface area (Å²) in [5, 5.41) is 3.54. The minimum absolute atomic E-state index is 0.158. The number of nitrogens with zero attached hydrogens (tertiary/aromatic N) is 2. The van der Waals surface area contributed by atoms with E-state index in [0.29, 0.717) is 18.1 Å². The van der Waals surface area contributed by atoms with E-state index < -0.39 is 0 Å². The molecule has 0 saturated carbocycles. The largest absolute Gasteiger partial charge is 0.339 e. The highest BCUT2D eigenvalue weighted by atomic mass is 32.2. The number of rotatable bonds is 3. The minimum Gasteiger partial charge on any atom is -0.339 e. The zero-order valence-corrected chi connectivity index (χ0v) is 8.63. The lowest BCUT2D eigenvalue weighted by molar-refractivity contribution is 0.111. The van der Waals surface area contributed by atoms with Gasteiger partial charge in [0, 0.05) is 6.42 Å². The fourth-order valence-corrected chi connectivity index (χ4v) is 2.80. The highest BCUT2D eigenvalue weighted by molar-refractivity contribution is 7.99. The highest BCUT2D eigenvalue weighted by Crippen LogP contribution is 2.25. The molecule has 0 N–H and O–H groups in total. The highest BCUT2D eigenvalue weighted by Gasteiger charge is 2.17. The van der Waals surface area contributed by atoms with Crippen LogP contribution >= 0.6 is 11.8 Å². The molecule has 1 aromatic rings. The van der Waals surface area contributed by atoms with Crippen molar-refractivity contribution in [3.05, 3.63) is 11.7 Å². The second-order valence-electron chi connectivity index (χ2n) is 3.42. The molecule has 0 aromatic carbocycles. The Morgan fingerprint density at radius 2 is 2.29 bits per heavy atom. The molecule has 1 aliphatic heterocycles. The van der Waals surface area contributed by atoms with Crippen LogP contribution in [-0.4, -0.2) is 27.9 Å². The van der Waals surface area contributed by atoms with Crippen LogP contribution in [0, 0.1) is 5.92 Å². The minimum atomic E-state index is 0.158. The van der Waals surface area contributed by atoms with Gasteiger partial charge >= 0.3 is 0 Å². The van der Waals surface area contributed by atoms with E-state index in [2.05, 4.69) is 10.1 Å². The molecule has 4 nitrogen and oxygen atoms in total. The molecule has 0 aliphatic carbocycles. The molecule has 1 aliphatic rings. The molecule has 1 fully saturated rings. The van der Waals surface area contributed by atoms with Crippen molar-refractivity contribution >= 4 is 18.0 Å². The van der Waals surface area contributed by atoms with Crippen LogP contribution in [-0.2, 0) is 6.42 Å². The van der Waals surface area contributed by atoms with Crippen molar-refractivity contribution < 1.29 is 9.32 Å². The molecule has 5 heteroatoms. The van der Waals surface area contributed by atoms with Gasteiger partial charge in [-0.15, -0.1) is 0 Å². The second kappa shape index (κ2) is 4.59. The van der Waals surface area contributed by atoms with Gasteiger partial charge in [-0.2, -0.15) is 16.7 Å². The molecule has 0 amide bonds. The normalized spacial score (nSPS) is 18.3. The van der Waals surface area contributed by atoms with Gasteiger partial charge in [-0.3, -0.25) is 4.79 Å². The van der Waals surface area contributed by atoms with Crippen molar-refractivity contribution in [2.24, 2.45) is 5.92 Å². The first-order valence-corrected chi connectivity index (χ1v) is 5.89. The first-order valence-electron chi connectivity index (χ1n) is 4.74. The van der Waals surface area contributed by atoms with Crippen molar-refractivity contribution in [1.29, 1.82) is 0 Å². The molecule has 1 aromatic heterocycles. The summed E-state index contributed by atoms with van der Waals surface area (Å²) in [6, 6.07) is 0. The van der Waals surface area contributed by atoms with Crippen LogP contribution in [0.2, 0.25) is 0 Å². The topological polar surface area (TPSA) is 56.0 Å².